The maximum Gasteiger partial charge on any atom is 0.243 e. The topological polar surface area (TPSA) is 68.1 Å². The Morgan fingerprint density at radius 3 is 2.78 bits per heavy atom. The van der Waals surface area contributed by atoms with E-state index in [1.807, 2.05) is 30.7 Å². The summed E-state index contributed by atoms with van der Waals surface area (Å²) in [6.07, 6.45) is 4.34. The lowest BCUT2D eigenvalue weighted by Crippen LogP contribution is -2.40. The Kier molecular flexibility index (Phi) is 4.50. The second-order valence-corrected chi connectivity index (χ2v) is 8.11. The quantitative estimate of drug-likeness (QED) is 0.854. The Labute approximate surface area is 137 Å². The minimum atomic E-state index is -3.42. The molecule has 0 radical (unpaired) electrons. The van der Waals surface area contributed by atoms with Gasteiger partial charge in [0, 0.05) is 26.6 Å². The van der Waals surface area contributed by atoms with Crippen LogP contribution in [0.2, 0.25) is 0 Å². The third kappa shape index (κ3) is 3.30. The molecule has 2 heterocycles. The summed E-state index contributed by atoms with van der Waals surface area (Å²) in [7, 11) is -1.51. The van der Waals surface area contributed by atoms with Crippen molar-refractivity contribution in [2.45, 2.75) is 31.1 Å². The Hall–Kier alpha value is -1.73. The van der Waals surface area contributed by atoms with Gasteiger partial charge in [-0.05, 0) is 37.3 Å². The molecule has 7 heteroatoms. The largest absolute Gasteiger partial charge is 0.321 e. The first-order valence-electron chi connectivity index (χ1n) is 7.87. The molecule has 1 saturated heterocycles. The van der Waals surface area contributed by atoms with Crippen molar-refractivity contribution in [3.8, 4) is 0 Å². The second-order valence-electron chi connectivity index (χ2n) is 6.20. The van der Waals surface area contributed by atoms with E-state index in [0.717, 1.165) is 30.7 Å². The van der Waals surface area contributed by atoms with Crippen molar-refractivity contribution in [2.75, 3.05) is 13.1 Å². The molecule has 124 valence electrons. The molecule has 6 nitrogen and oxygen atoms in total. The molecule has 1 fully saturated rings. The first kappa shape index (κ1) is 16.1. The van der Waals surface area contributed by atoms with Crippen LogP contribution >= 0.6 is 0 Å². The molecule has 1 aromatic carbocycles. The van der Waals surface area contributed by atoms with Crippen LogP contribution < -0.4 is 0 Å². The lowest BCUT2D eigenvalue weighted by Gasteiger charge is -2.32. The van der Waals surface area contributed by atoms with Gasteiger partial charge in [-0.3, -0.25) is 0 Å². The van der Waals surface area contributed by atoms with Crippen molar-refractivity contribution in [3.63, 3.8) is 0 Å². The summed E-state index contributed by atoms with van der Waals surface area (Å²) in [6.45, 7) is 2.98. The highest BCUT2D eigenvalue weighted by Gasteiger charge is 2.31. The molecule has 1 unspecified atom stereocenters. The predicted octanol–water partition coefficient (Wildman–Crippen LogP) is 1.77. The van der Waals surface area contributed by atoms with E-state index in [1.165, 1.54) is 0 Å². The molecule has 0 aliphatic carbocycles. The van der Waals surface area contributed by atoms with E-state index in [0.29, 0.717) is 18.0 Å². The molecule has 0 spiro atoms. The average molecular weight is 334 g/mol. The van der Waals surface area contributed by atoms with Gasteiger partial charge in [-0.25, -0.2) is 8.42 Å². The maximum absolute atomic E-state index is 12.9. The Balaban J connectivity index is 1.78. The highest BCUT2D eigenvalue weighted by Crippen LogP contribution is 2.26. The van der Waals surface area contributed by atoms with Gasteiger partial charge in [0.1, 0.15) is 12.2 Å². The van der Waals surface area contributed by atoms with Crippen molar-refractivity contribution < 1.29 is 8.42 Å². The number of nitrogens with zero attached hydrogens (tertiary/aromatic N) is 4. The number of aryl methyl sites for hydroxylation is 2. The van der Waals surface area contributed by atoms with Crippen molar-refractivity contribution in [1.82, 2.24) is 19.1 Å². The minimum Gasteiger partial charge on any atom is -0.321 e. The molecule has 1 atom stereocenters. The predicted molar refractivity (Wildman–Crippen MR) is 87.4 cm³/mol. The van der Waals surface area contributed by atoms with Crippen molar-refractivity contribution in [3.05, 3.63) is 42.0 Å². The fourth-order valence-corrected chi connectivity index (χ4v) is 4.93. The molecule has 23 heavy (non-hydrogen) atoms. The van der Waals surface area contributed by atoms with Gasteiger partial charge in [0.15, 0.2) is 0 Å². The van der Waals surface area contributed by atoms with E-state index in [1.54, 1.807) is 22.8 Å². The zero-order chi connectivity index (χ0) is 16.4. The number of rotatable bonds is 4. The summed E-state index contributed by atoms with van der Waals surface area (Å²) in [6, 6.07) is 7.17. The highest BCUT2D eigenvalue weighted by molar-refractivity contribution is 7.89. The first-order valence-corrected chi connectivity index (χ1v) is 9.31. The summed E-state index contributed by atoms with van der Waals surface area (Å²) in [5, 5.41) is 8.01. The van der Waals surface area contributed by atoms with E-state index in [2.05, 4.69) is 10.2 Å². The van der Waals surface area contributed by atoms with Crippen molar-refractivity contribution in [2.24, 2.45) is 13.0 Å². The second kappa shape index (κ2) is 6.41. The highest BCUT2D eigenvalue weighted by atomic mass is 32.2. The first-order chi connectivity index (χ1) is 11.0. The van der Waals surface area contributed by atoms with Gasteiger partial charge in [-0.1, -0.05) is 18.2 Å². The van der Waals surface area contributed by atoms with Gasteiger partial charge in [0.25, 0.3) is 0 Å². The molecule has 1 aliphatic rings. The molecular weight excluding hydrogens is 312 g/mol. The minimum absolute atomic E-state index is 0.283. The summed E-state index contributed by atoms with van der Waals surface area (Å²) < 4.78 is 29.4. The van der Waals surface area contributed by atoms with Crippen molar-refractivity contribution in [1.29, 1.82) is 0 Å². The average Bonchev–Trinajstić information content (AvgIpc) is 2.93. The van der Waals surface area contributed by atoms with E-state index in [-0.39, 0.29) is 5.92 Å². The van der Waals surface area contributed by atoms with Crippen LogP contribution in [0.4, 0.5) is 0 Å². The Morgan fingerprint density at radius 1 is 1.30 bits per heavy atom. The van der Waals surface area contributed by atoms with Crippen LogP contribution in [0.15, 0.2) is 35.5 Å². The molecule has 0 saturated carbocycles. The standard InChI is InChI=1S/C16H22N4O2S/c1-13-6-3-4-8-15(13)23(21,22)20-9-5-7-14(11-20)10-16-18-17-12-19(16)2/h3-4,6,8,12,14H,5,7,9-11H2,1-2H3. The molecular formula is C16H22N4O2S. The van der Waals surface area contributed by atoms with Crippen LogP contribution in [0.5, 0.6) is 0 Å². The summed E-state index contributed by atoms with van der Waals surface area (Å²) in [5.41, 5.74) is 0.794. The Morgan fingerprint density at radius 2 is 2.09 bits per heavy atom. The maximum atomic E-state index is 12.9. The number of hydrogen-bond donors (Lipinski definition) is 0. The van der Waals surface area contributed by atoms with Crippen LogP contribution in [-0.4, -0.2) is 40.6 Å². The van der Waals surface area contributed by atoms with Gasteiger partial charge in [-0.2, -0.15) is 4.31 Å². The van der Waals surface area contributed by atoms with Crippen LogP contribution in [0.1, 0.15) is 24.2 Å². The van der Waals surface area contributed by atoms with Gasteiger partial charge >= 0.3 is 0 Å². The monoisotopic (exact) mass is 334 g/mol. The van der Waals surface area contributed by atoms with Gasteiger partial charge < -0.3 is 4.57 Å². The summed E-state index contributed by atoms with van der Waals surface area (Å²) >= 11 is 0. The van der Waals surface area contributed by atoms with Crippen LogP contribution in [0, 0.1) is 12.8 Å². The number of aromatic nitrogens is 3. The van der Waals surface area contributed by atoms with Gasteiger partial charge in [0.05, 0.1) is 4.90 Å². The SMILES string of the molecule is Cc1ccccc1S(=O)(=O)N1CCCC(Cc2nncn2C)C1. The van der Waals surface area contributed by atoms with Crippen LogP contribution in [-0.2, 0) is 23.5 Å². The summed E-state index contributed by atoms with van der Waals surface area (Å²) in [4.78, 5) is 0.416. The number of piperidine rings is 1. The van der Waals surface area contributed by atoms with E-state index in [9.17, 15) is 8.42 Å². The lowest BCUT2D eigenvalue weighted by molar-refractivity contribution is 0.261. The van der Waals surface area contributed by atoms with Gasteiger partial charge in [0.2, 0.25) is 10.0 Å². The number of benzene rings is 1. The number of hydrogen-bond acceptors (Lipinski definition) is 4. The van der Waals surface area contributed by atoms with Crippen LogP contribution in [0.3, 0.4) is 0 Å². The zero-order valence-corrected chi connectivity index (χ0v) is 14.3. The van der Waals surface area contributed by atoms with E-state index >= 15 is 0 Å². The van der Waals surface area contributed by atoms with Crippen molar-refractivity contribution >= 4 is 10.0 Å². The third-order valence-electron chi connectivity index (χ3n) is 4.47. The zero-order valence-electron chi connectivity index (χ0n) is 13.5. The van der Waals surface area contributed by atoms with E-state index in [4.69, 9.17) is 0 Å². The molecule has 0 amide bonds. The summed E-state index contributed by atoms with van der Waals surface area (Å²) in [5.74, 6) is 1.19. The van der Waals surface area contributed by atoms with Crippen LogP contribution in [0.25, 0.3) is 0 Å². The van der Waals surface area contributed by atoms with Gasteiger partial charge in [-0.15, -0.1) is 10.2 Å². The fraction of sp³-hybridized carbons (Fsp3) is 0.500. The molecule has 1 aliphatic heterocycles. The Bertz CT molecular complexity index is 785. The fourth-order valence-electron chi connectivity index (χ4n) is 3.15. The number of sulfonamides is 1. The smallest absolute Gasteiger partial charge is 0.243 e. The molecule has 0 N–H and O–H groups in total. The lowest BCUT2D eigenvalue weighted by atomic mass is 9.96. The molecule has 3 rings (SSSR count). The van der Waals surface area contributed by atoms with E-state index < -0.39 is 10.0 Å². The normalized spacial score (nSPS) is 19.8. The molecule has 0 bridgehead atoms. The molecule has 2 aromatic rings. The third-order valence-corrected chi connectivity index (χ3v) is 6.49. The molecule has 1 aromatic heterocycles.